The van der Waals surface area contributed by atoms with E-state index in [0.717, 1.165) is 43.2 Å². The summed E-state index contributed by atoms with van der Waals surface area (Å²) < 4.78 is 1.85. The number of hydrogen-bond acceptors (Lipinski definition) is 3. The van der Waals surface area contributed by atoms with Crippen molar-refractivity contribution < 1.29 is 4.79 Å². The number of nitrogens with one attached hydrogen (secondary N) is 1. The molecule has 6 heteroatoms. The molecular formula is C19H25ClN4O. The second kappa shape index (κ2) is 8.02. The van der Waals surface area contributed by atoms with Crippen molar-refractivity contribution in [3.63, 3.8) is 0 Å². The quantitative estimate of drug-likeness (QED) is 0.861. The molecule has 1 amide bonds. The van der Waals surface area contributed by atoms with Crippen molar-refractivity contribution in [3.05, 3.63) is 52.3 Å². The molecule has 5 nitrogen and oxygen atoms in total. The van der Waals surface area contributed by atoms with Gasteiger partial charge in [-0.25, -0.2) is 0 Å². The number of aromatic nitrogens is 2. The summed E-state index contributed by atoms with van der Waals surface area (Å²) in [6.07, 6.45) is 3.81. The van der Waals surface area contributed by atoms with Crippen LogP contribution >= 0.6 is 11.6 Å². The predicted molar refractivity (Wildman–Crippen MR) is 99.5 cm³/mol. The zero-order valence-corrected chi connectivity index (χ0v) is 15.6. The Labute approximate surface area is 154 Å². The first-order valence-electron chi connectivity index (χ1n) is 8.75. The Balaban J connectivity index is 1.42. The number of halogens is 1. The summed E-state index contributed by atoms with van der Waals surface area (Å²) in [5, 5.41) is 8.20. The van der Waals surface area contributed by atoms with Crippen molar-refractivity contribution in [1.82, 2.24) is 20.0 Å². The second-order valence-corrected chi connectivity index (χ2v) is 7.24. The monoisotopic (exact) mass is 360 g/mol. The first-order chi connectivity index (χ1) is 12.0. The summed E-state index contributed by atoms with van der Waals surface area (Å²) in [4.78, 5) is 14.7. The maximum Gasteiger partial charge on any atom is 0.224 e. The molecule has 2 aromatic rings. The van der Waals surface area contributed by atoms with Crippen molar-refractivity contribution in [2.24, 2.45) is 13.0 Å². The number of carbonyl (C=O) groups excluding carboxylic acids is 1. The maximum atomic E-state index is 12.4. The number of rotatable bonds is 6. The van der Waals surface area contributed by atoms with E-state index in [2.05, 4.69) is 21.5 Å². The molecule has 1 atom stereocenters. The number of benzene rings is 1. The Morgan fingerprint density at radius 1 is 1.36 bits per heavy atom. The highest BCUT2D eigenvalue weighted by Crippen LogP contribution is 2.20. The summed E-state index contributed by atoms with van der Waals surface area (Å²) in [6, 6.07) is 7.77. The van der Waals surface area contributed by atoms with Crippen molar-refractivity contribution in [3.8, 4) is 0 Å². The van der Waals surface area contributed by atoms with Gasteiger partial charge in [0.25, 0.3) is 0 Å². The highest BCUT2D eigenvalue weighted by atomic mass is 35.5. The van der Waals surface area contributed by atoms with Crippen LogP contribution in [0.1, 0.15) is 23.2 Å². The van der Waals surface area contributed by atoms with E-state index in [1.807, 2.05) is 42.9 Å². The van der Waals surface area contributed by atoms with Crippen molar-refractivity contribution in [1.29, 1.82) is 0 Å². The van der Waals surface area contributed by atoms with Crippen LogP contribution in [0.15, 0.2) is 30.5 Å². The molecular weight excluding hydrogens is 336 g/mol. The minimum atomic E-state index is 0.0854. The van der Waals surface area contributed by atoms with E-state index in [9.17, 15) is 4.79 Å². The number of nitrogens with zero attached hydrogens (tertiary/aromatic N) is 3. The molecule has 0 bridgehead atoms. The molecule has 134 valence electrons. The number of carbonyl (C=O) groups is 1. The van der Waals surface area contributed by atoms with Gasteiger partial charge in [-0.15, -0.1) is 0 Å². The minimum Gasteiger partial charge on any atom is -0.355 e. The van der Waals surface area contributed by atoms with E-state index in [-0.39, 0.29) is 11.8 Å². The summed E-state index contributed by atoms with van der Waals surface area (Å²) in [6.45, 7) is 5.35. The molecule has 0 radical (unpaired) electrons. The smallest absolute Gasteiger partial charge is 0.224 e. The molecule has 1 fully saturated rings. The lowest BCUT2D eigenvalue weighted by Crippen LogP contribution is -2.34. The van der Waals surface area contributed by atoms with Gasteiger partial charge >= 0.3 is 0 Å². The van der Waals surface area contributed by atoms with E-state index in [1.165, 1.54) is 11.1 Å². The fourth-order valence-corrected chi connectivity index (χ4v) is 3.49. The molecule has 25 heavy (non-hydrogen) atoms. The van der Waals surface area contributed by atoms with Gasteiger partial charge in [-0.05, 0) is 44.0 Å². The van der Waals surface area contributed by atoms with Crippen LogP contribution in [0.4, 0.5) is 0 Å². The zero-order valence-electron chi connectivity index (χ0n) is 14.8. The van der Waals surface area contributed by atoms with Crippen molar-refractivity contribution >= 4 is 17.5 Å². The fraction of sp³-hybridized carbons (Fsp3) is 0.474. The first kappa shape index (κ1) is 18.0. The van der Waals surface area contributed by atoms with Crippen molar-refractivity contribution in [2.45, 2.75) is 26.3 Å². The highest BCUT2D eigenvalue weighted by Gasteiger charge is 2.28. The Bertz CT molecular complexity index is 726. The van der Waals surface area contributed by atoms with E-state index in [0.29, 0.717) is 6.54 Å². The lowest BCUT2D eigenvalue weighted by Gasteiger charge is -2.15. The first-order valence-corrected chi connectivity index (χ1v) is 9.12. The molecule has 3 rings (SSSR count). The average Bonchev–Trinajstić information content (AvgIpc) is 3.16. The van der Waals surface area contributed by atoms with Gasteiger partial charge in [0, 0.05) is 43.5 Å². The predicted octanol–water partition coefficient (Wildman–Crippen LogP) is 2.56. The number of amides is 1. The van der Waals surface area contributed by atoms with Crippen LogP contribution in [-0.2, 0) is 24.8 Å². The van der Waals surface area contributed by atoms with E-state index >= 15 is 0 Å². The molecule has 1 saturated heterocycles. The molecule has 0 saturated carbocycles. The third-order valence-corrected chi connectivity index (χ3v) is 5.03. The van der Waals surface area contributed by atoms with E-state index < -0.39 is 0 Å². The summed E-state index contributed by atoms with van der Waals surface area (Å²) in [7, 11) is 1.94. The molecule has 0 unspecified atom stereocenters. The highest BCUT2D eigenvalue weighted by molar-refractivity contribution is 6.30. The third kappa shape index (κ3) is 4.83. The van der Waals surface area contributed by atoms with Gasteiger partial charge < -0.3 is 5.32 Å². The Morgan fingerprint density at radius 2 is 2.12 bits per heavy atom. The molecule has 1 N–H and O–H groups in total. The van der Waals surface area contributed by atoms with Gasteiger partial charge in [0.05, 0.1) is 11.6 Å². The van der Waals surface area contributed by atoms with Gasteiger partial charge in [0.2, 0.25) is 5.91 Å². The van der Waals surface area contributed by atoms with Gasteiger partial charge in [-0.1, -0.05) is 23.7 Å². The minimum absolute atomic E-state index is 0.0854. The summed E-state index contributed by atoms with van der Waals surface area (Å²) >= 11 is 5.89. The molecule has 1 aromatic heterocycles. The van der Waals surface area contributed by atoms with Crippen molar-refractivity contribution in [2.75, 3.05) is 19.6 Å². The fourth-order valence-electron chi connectivity index (χ4n) is 3.36. The van der Waals surface area contributed by atoms with Crippen LogP contribution in [0.2, 0.25) is 5.02 Å². The lowest BCUT2D eigenvalue weighted by molar-refractivity contribution is -0.124. The van der Waals surface area contributed by atoms with Crippen LogP contribution in [0.3, 0.4) is 0 Å². The van der Waals surface area contributed by atoms with Gasteiger partial charge in [0.1, 0.15) is 0 Å². The van der Waals surface area contributed by atoms with Crippen LogP contribution in [0.25, 0.3) is 0 Å². The van der Waals surface area contributed by atoms with Crippen LogP contribution in [0.5, 0.6) is 0 Å². The van der Waals surface area contributed by atoms with E-state index in [1.54, 1.807) is 0 Å². The topological polar surface area (TPSA) is 50.2 Å². The van der Waals surface area contributed by atoms with Gasteiger partial charge in [0.15, 0.2) is 0 Å². The Morgan fingerprint density at radius 3 is 2.80 bits per heavy atom. The van der Waals surface area contributed by atoms with Crippen LogP contribution in [0, 0.1) is 12.8 Å². The van der Waals surface area contributed by atoms with Crippen LogP contribution < -0.4 is 5.32 Å². The molecule has 0 spiro atoms. The standard InChI is InChI=1S/C19H25ClN4O/c1-14-17(11-23(2)22-14)13-24-10-8-16(12-24)19(25)21-9-7-15-3-5-18(20)6-4-15/h3-6,11,16H,7-10,12-13H2,1-2H3,(H,21,25)/t16-/m0/s1. The molecule has 1 aliphatic heterocycles. The molecule has 1 aromatic carbocycles. The van der Waals surface area contributed by atoms with Crippen LogP contribution in [-0.4, -0.2) is 40.2 Å². The van der Waals surface area contributed by atoms with Gasteiger partial charge in [-0.2, -0.15) is 5.10 Å². The number of hydrogen-bond donors (Lipinski definition) is 1. The van der Waals surface area contributed by atoms with E-state index in [4.69, 9.17) is 11.6 Å². The Kier molecular flexibility index (Phi) is 5.76. The molecule has 2 heterocycles. The summed E-state index contributed by atoms with van der Waals surface area (Å²) in [5.41, 5.74) is 3.49. The zero-order chi connectivity index (χ0) is 17.8. The third-order valence-electron chi connectivity index (χ3n) is 4.78. The molecule has 0 aliphatic carbocycles. The number of aryl methyl sites for hydroxylation is 2. The maximum absolute atomic E-state index is 12.4. The average molecular weight is 361 g/mol. The largest absolute Gasteiger partial charge is 0.355 e. The summed E-state index contributed by atoms with van der Waals surface area (Å²) in [5.74, 6) is 0.251. The normalized spacial score (nSPS) is 17.8. The Hall–Kier alpha value is -1.85. The number of likely N-dealkylation sites (tertiary alicyclic amines) is 1. The SMILES string of the molecule is Cc1nn(C)cc1CN1CC[C@H](C(=O)NCCc2ccc(Cl)cc2)C1. The lowest BCUT2D eigenvalue weighted by atomic mass is 10.1. The molecule has 1 aliphatic rings. The second-order valence-electron chi connectivity index (χ2n) is 6.80. The van der Waals surface area contributed by atoms with Gasteiger partial charge in [-0.3, -0.25) is 14.4 Å².